The van der Waals surface area contributed by atoms with E-state index < -0.39 is 0 Å². The maximum Gasteiger partial charge on any atom is 0.227 e. The lowest BCUT2D eigenvalue weighted by atomic mass is 10.1. The molecular formula is C15H20N4O. The van der Waals surface area contributed by atoms with E-state index in [4.69, 9.17) is 10.6 Å². The first-order valence-electron chi connectivity index (χ1n) is 6.71. The fourth-order valence-corrected chi connectivity index (χ4v) is 1.97. The minimum Gasteiger partial charge on any atom is -0.439 e. The molecule has 0 amide bonds. The molecule has 5 nitrogen and oxygen atoms in total. The third kappa shape index (κ3) is 3.05. The van der Waals surface area contributed by atoms with Gasteiger partial charge in [0, 0.05) is 0 Å². The van der Waals surface area contributed by atoms with Crippen LogP contribution < -0.4 is 16.0 Å². The molecule has 0 aliphatic carbocycles. The van der Waals surface area contributed by atoms with Crippen molar-refractivity contribution in [2.45, 2.75) is 33.6 Å². The molecule has 1 aromatic carbocycles. The molecule has 0 atom stereocenters. The Bertz CT molecular complexity index is 598. The molecule has 2 aromatic rings. The van der Waals surface area contributed by atoms with Crippen LogP contribution in [0.1, 0.15) is 30.0 Å². The second-order valence-corrected chi connectivity index (χ2v) is 4.75. The SMILES string of the molecule is CCCc1c(NN)ncnc1Oc1ccc(C)c(C)c1. The number of ether oxygens (including phenoxy) is 1. The van der Waals surface area contributed by atoms with E-state index >= 15 is 0 Å². The van der Waals surface area contributed by atoms with Crippen LogP contribution in [0.5, 0.6) is 11.6 Å². The zero-order chi connectivity index (χ0) is 14.5. The topological polar surface area (TPSA) is 73.1 Å². The average Bonchev–Trinajstić information content (AvgIpc) is 2.45. The summed E-state index contributed by atoms with van der Waals surface area (Å²) in [7, 11) is 0. The van der Waals surface area contributed by atoms with Crippen molar-refractivity contribution in [2.75, 3.05) is 5.43 Å². The van der Waals surface area contributed by atoms with Crippen LogP contribution in [0.2, 0.25) is 0 Å². The lowest BCUT2D eigenvalue weighted by Gasteiger charge is -2.13. The zero-order valence-corrected chi connectivity index (χ0v) is 12.1. The van der Waals surface area contributed by atoms with Crippen LogP contribution >= 0.6 is 0 Å². The molecule has 0 aliphatic rings. The monoisotopic (exact) mass is 272 g/mol. The summed E-state index contributed by atoms with van der Waals surface area (Å²) in [6, 6.07) is 5.98. The number of rotatable bonds is 5. The first-order valence-corrected chi connectivity index (χ1v) is 6.71. The lowest BCUT2D eigenvalue weighted by molar-refractivity contribution is 0.454. The molecule has 5 heteroatoms. The third-order valence-electron chi connectivity index (χ3n) is 3.24. The van der Waals surface area contributed by atoms with Crippen molar-refractivity contribution in [2.24, 2.45) is 5.84 Å². The number of nitrogens with zero attached hydrogens (tertiary/aromatic N) is 2. The van der Waals surface area contributed by atoms with Crippen molar-refractivity contribution in [3.8, 4) is 11.6 Å². The molecule has 0 unspecified atom stereocenters. The molecule has 1 heterocycles. The van der Waals surface area contributed by atoms with Crippen LogP contribution in [0.4, 0.5) is 5.82 Å². The van der Waals surface area contributed by atoms with E-state index in [-0.39, 0.29) is 0 Å². The molecule has 0 bridgehead atoms. The van der Waals surface area contributed by atoms with Crippen LogP contribution in [-0.4, -0.2) is 9.97 Å². The Morgan fingerprint density at radius 2 is 2.00 bits per heavy atom. The van der Waals surface area contributed by atoms with Crippen LogP contribution in [-0.2, 0) is 6.42 Å². The summed E-state index contributed by atoms with van der Waals surface area (Å²) in [5.41, 5.74) is 5.92. The summed E-state index contributed by atoms with van der Waals surface area (Å²) in [6.07, 6.45) is 3.22. The minimum atomic E-state index is 0.554. The van der Waals surface area contributed by atoms with E-state index in [2.05, 4.69) is 36.2 Å². The van der Waals surface area contributed by atoms with Gasteiger partial charge in [-0.3, -0.25) is 0 Å². The maximum absolute atomic E-state index is 5.89. The molecule has 3 N–H and O–H groups in total. The molecule has 0 saturated carbocycles. The van der Waals surface area contributed by atoms with E-state index in [0.717, 1.165) is 24.2 Å². The quantitative estimate of drug-likeness (QED) is 0.646. The number of benzene rings is 1. The predicted octanol–water partition coefficient (Wildman–Crippen LogP) is 3.12. The van der Waals surface area contributed by atoms with Gasteiger partial charge in [-0.1, -0.05) is 19.4 Å². The molecule has 0 aliphatic heterocycles. The second kappa shape index (κ2) is 6.34. The van der Waals surface area contributed by atoms with Gasteiger partial charge in [-0.15, -0.1) is 0 Å². The van der Waals surface area contributed by atoms with E-state index in [9.17, 15) is 0 Å². The Kier molecular flexibility index (Phi) is 4.53. The third-order valence-corrected chi connectivity index (χ3v) is 3.24. The van der Waals surface area contributed by atoms with Crippen molar-refractivity contribution in [3.05, 3.63) is 41.2 Å². The Labute approximate surface area is 119 Å². The number of hydrazine groups is 1. The number of aryl methyl sites for hydroxylation is 2. The smallest absolute Gasteiger partial charge is 0.227 e. The number of aromatic nitrogens is 2. The molecule has 1 aromatic heterocycles. The standard InChI is InChI=1S/C15H20N4O/c1-4-5-13-14(19-16)17-9-18-15(13)20-12-7-6-10(2)11(3)8-12/h6-9H,4-5,16H2,1-3H3,(H,17,18,19). The molecular weight excluding hydrogens is 252 g/mol. The van der Waals surface area contributed by atoms with Crippen LogP contribution in [0.25, 0.3) is 0 Å². The van der Waals surface area contributed by atoms with Crippen molar-refractivity contribution < 1.29 is 4.74 Å². The Morgan fingerprint density at radius 3 is 2.65 bits per heavy atom. The van der Waals surface area contributed by atoms with Crippen molar-refractivity contribution >= 4 is 5.82 Å². The Hall–Kier alpha value is -2.14. The van der Waals surface area contributed by atoms with E-state index in [1.807, 2.05) is 18.2 Å². The van der Waals surface area contributed by atoms with Crippen molar-refractivity contribution in [1.29, 1.82) is 0 Å². The summed E-state index contributed by atoms with van der Waals surface area (Å²) < 4.78 is 5.89. The lowest BCUT2D eigenvalue weighted by Crippen LogP contribution is -2.12. The first-order chi connectivity index (χ1) is 9.65. The van der Waals surface area contributed by atoms with Gasteiger partial charge in [0.2, 0.25) is 5.88 Å². The largest absolute Gasteiger partial charge is 0.439 e. The number of hydrogen-bond acceptors (Lipinski definition) is 5. The van der Waals surface area contributed by atoms with Gasteiger partial charge < -0.3 is 10.2 Å². The molecule has 0 fully saturated rings. The number of nitrogen functional groups attached to an aromatic ring is 1. The van der Waals surface area contributed by atoms with Gasteiger partial charge in [0.15, 0.2) is 0 Å². The van der Waals surface area contributed by atoms with E-state index in [1.165, 1.54) is 17.5 Å². The van der Waals surface area contributed by atoms with Crippen molar-refractivity contribution in [3.63, 3.8) is 0 Å². The molecule has 0 saturated heterocycles. The minimum absolute atomic E-state index is 0.554. The van der Waals surface area contributed by atoms with E-state index in [0.29, 0.717) is 11.7 Å². The zero-order valence-electron chi connectivity index (χ0n) is 12.1. The van der Waals surface area contributed by atoms with Crippen molar-refractivity contribution in [1.82, 2.24) is 9.97 Å². The number of anilines is 1. The van der Waals surface area contributed by atoms with Gasteiger partial charge in [0.05, 0.1) is 5.56 Å². The van der Waals surface area contributed by atoms with Crippen LogP contribution in [0.15, 0.2) is 24.5 Å². The summed E-state index contributed by atoms with van der Waals surface area (Å²) in [5, 5.41) is 0. The van der Waals surface area contributed by atoms with Gasteiger partial charge in [-0.25, -0.2) is 15.8 Å². The molecule has 0 radical (unpaired) electrons. The van der Waals surface area contributed by atoms with Gasteiger partial charge in [0.25, 0.3) is 0 Å². The number of nitrogens with one attached hydrogen (secondary N) is 1. The summed E-state index contributed by atoms with van der Waals surface area (Å²) in [4.78, 5) is 8.35. The molecule has 0 spiro atoms. The molecule has 106 valence electrons. The van der Waals surface area contributed by atoms with Gasteiger partial charge in [0.1, 0.15) is 17.9 Å². The number of hydrogen-bond donors (Lipinski definition) is 2. The Morgan fingerprint density at radius 1 is 1.20 bits per heavy atom. The van der Waals surface area contributed by atoms with Gasteiger partial charge in [-0.2, -0.15) is 0 Å². The van der Waals surface area contributed by atoms with Crippen LogP contribution in [0.3, 0.4) is 0 Å². The highest BCUT2D eigenvalue weighted by Crippen LogP contribution is 2.28. The predicted molar refractivity (Wildman–Crippen MR) is 79.8 cm³/mol. The summed E-state index contributed by atoms with van der Waals surface area (Å²) in [6.45, 7) is 6.22. The van der Waals surface area contributed by atoms with E-state index in [1.54, 1.807) is 0 Å². The fourth-order valence-electron chi connectivity index (χ4n) is 1.97. The highest BCUT2D eigenvalue weighted by Gasteiger charge is 2.12. The maximum atomic E-state index is 5.89. The fraction of sp³-hybridized carbons (Fsp3) is 0.333. The first kappa shape index (κ1) is 14.3. The van der Waals surface area contributed by atoms with Crippen LogP contribution in [0, 0.1) is 13.8 Å². The average molecular weight is 272 g/mol. The normalized spacial score (nSPS) is 10.4. The van der Waals surface area contributed by atoms with Gasteiger partial charge >= 0.3 is 0 Å². The van der Waals surface area contributed by atoms with Gasteiger partial charge in [-0.05, 0) is 43.5 Å². The summed E-state index contributed by atoms with van der Waals surface area (Å²) in [5.74, 6) is 7.43. The highest BCUT2D eigenvalue weighted by molar-refractivity contribution is 5.49. The summed E-state index contributed by atoms with van der Waals surface area (Å²) >= 11 is 0. The molecule has 20 heavy (non-hydrogen) atoms. The second-order valence-electron chi connectivity index (χ2n) is 4.75. The molecule has 2 rings (SSSR count). The number of nitrogens with two attached hydrogens (primary N) is 1. The highest BCUT2D eigenvalue weighted by atomic mass is 16.5. The Balaban J connectivity index is 2.34.